The predicted molar refractivity (Wildman–Crippen MR) is 82.1 cm³/mol. The van der Waals surface area contributed by atoms with Crippen LogP contribution in [0.1, 0.15) is 55.3 Å². The highest BCUT2D eigenvalue weighted by Crippen LogP contribution is 2.24. The minimum Gasteiger partial charge on any atom is -0.398 e. The second-order valence-electron chi connectivity index (χ2n) is 5.22. The summed E-state index contributed by atoms with van der Waals surface area (Å²) < 4.78 is 0.693. The van der Waals surface area contributed by atoms with E-state index >= 15 is 0 Å². The summed E-state index contributed by atoms with van der Waals surface area (Å²) in [6, 6.07) is 5.71. The Morgan fingerprint density at radius 2 is 1.79 bits per heavy atom. The molecule has 3 N–H and O–H groups in total. The standard InChI is InChI=1S/C15H21BrN2O/c16-14-12(9-6-10-13(14)17)15(19)18-11-7-4-2-1-3-5-8-11/h6,9-11H,1-5,7-8,17H2,(H,18,19). The molecule has 0 saturated heterocycles. The third-order valence-corrected chi connectivity index (χ3v) is 4.60. The smallest absolute Gasteiger partial charge is 0.252 e. The summed E-state index contributed by atoms with van der Waals surface area (Å²) >= 11 is 3.39. The molecule has 0 bridgehead atoms. The van der Waals surface area contributed by atoms with Crippen molar-refractivity contribution in [2.24, 2.45) is 0 Å². The molecular weight excluding hydrogens is 304 g/mol. The zero-order valence-electron chi connectivity index (χ0n) is 11.1. The van der Waals surface area contributed by atoms with Gasteiger partial charge in [0.05, 0.1) is 10.0 Å². The van der Waals surface area contributed by atoms with Crippen molar-refractivity contribution in [1.82, 2.24) is 5.32 Å². The zero-order chi connectivity index (χ0) is 13.7. The highest BCUT2D eigenvalue weighted by atomic mass is 79.9. The first-order valence-corrected chi connectivity index (χ1v) is 7.82. The van der Waals surface area contributed by atoms with E-state index in [1.54, 1.807) is 12.1 Å². The molecule has 2 rings (SSSR count). The normalized spacial score (nSPS) is 17.5. The van der Waals surface area contributed by atoms with Gasteiger partial charge in [0.1, 0.15) is 0 Å². The number of nitrogens with one attached hydrogen (secondary N) is 1. The van der Waals surface area contributed by atoms with Crippen LogP contribution in [0.5, 0.6) is 0 Å². The third-order valence-electron chi connectivity index (χ3n) is 3.71. The molecule has 19 heavy (non-hydrogen) atoms. The molecule has 1 aliphatic carbocycles. The largest absolute Gasteiger partial charge is 0.398 e. The number of carbonyl (C=O) groups excluding carboxylic acids is 1. The molecule has 104 valence electrons. The van der Waals surface area contributed by atoms with Gasteiger partial charge in [0.2, 0.25) is 0 Å². The summed E-state index contributed by atoms with van der Waals surface area (Å²) in [6.07, 6.45) is 8.51. The SMILES string of the molecule is Nc1cccc(C(=O)NC2CCCCCCC2)c1Br. The van der Waals surface area contributed by atoms with Gasteiger partial charge in [0.25, 0.3) is 5.91 Å². The first-order chi connectivity index (χ1) is 9.18. The van der Waals surface area contributed by atoms with Gasteiger partial charge >= 0.3 is 0 Å². The van der Waals surface area contributed by atoms with Gasteiger partial charge in [-0.15, -0.1) is 0 Å². The average Bonchev–Trinajstić information content (AvgIpc) is 2.35. The van der Waals surface area contributed by atoms with E-state index in [2.05, 4.69) is 21.2 Å². The quantitative estimate of drug-likeness (QED) is 0.811. The van der Waals surface area contributed by atoms with Crippen LogP contribution >= 0.6 is 15.9 Å². The van der Waals surface area contributed by atoms with E-state index in [-0.39, 0.29) is 5.91 Å². The van der Waals surface area contributed by atoms with Gasteiger partial charge in [0.15, 0.2) is 0 Å². The van der Waals surface area contributed by atoms with Gasteiger partial charge < -0.3 is 11.1 Å². The van der Waals surface area contributed by atoms with Crippen LogP contribution in [0.15, 0.2) is 22.7 Å². The highest BCUT2D eigenvalue weighted by Gasteiger charge is 2.17. The molecule has 1 aromatic carbocycles. The number of nitrogen functional groups attached to an aromatic ring is 1. The van der Waals surface area contributed by atoms with Gasteiger partial charge in [-0.1, -0.05) is 38.2 Å². The van der Waals surface area contributed by atoms with E-state index < -0.39 is 0 Å². The molecule has 0 aromatic heterocycles. The van der Waals surface area contributed by atoms with Crippen LogP contribution in [0.25, 0.3) is 0 Å². The predicted octanol–water partition coefficient (Wildman–Crippen LogP) is 3.87. The van der Waals surface area contributed by atoms with Crippen molar-refractivity contribution in [3.63, 3.8) is 0 Å². The number of hydrogen-bond acceptors (Lipinski definition) is 2. The maximum atomic E-state index is 12.3. The minimum atomic E-state index is -0.0234. The number of anilines is 1. The summed E-state index contributed by atoms with van der Waals surface area (Å²) in [5.41, 5.74) is 7.04. The number of nitrogens with two attached hydrogens (primary N) is 1. The van der Waals surface area contributed by atoms with Crippen LogP contribution in [0.2, 0.25) is 0 Å². The van der Waals surface area contributed by atoms with Crippen LogP contribution in [-0.4, -0.2) is 11.9 Å². The van der Waals surface area contributed by atoms with Crippen LogP contribution in [-0.2, 0) is 0 Å². The molecule has 0 atom stereocenters. The molecule has 1 amide bonds. The molecular formula is C15H21BrN2O. The van der Waals surface area contributed by atoms with Crippen LogP contribution < -0.4 is 11.1 Å². The molecule has 1 aliphatic rings. The zero-order valence-corrected chi connectivity index (χ0v) is 12.7. The van der Waals surface area contributed by atoms with Crippen LogP contribution in [0.3, 0.4) is 0 Å². The average molecular weight is 325 g/mol. The molecule has 0 heterocycles. The van der Waals surface area contributed by atoms with Gasteiger partial charge in [-0.25, -0.2) is 0 Å². The maximum Gasteiger partial charge on any atom is 0.252 e. The first kappa shape index (κ1) is 14.4. The van der Waals surface area contributed by atoms with E-state index in [0.717, 1.165) is 12.8 Å². The van der Waals surface area contributed by atoms with E-state index in [9.17, 15) is 4.79 Å². The van der Waals surface area contributed by atoms with Gasteiger partial charge in [-0.3, -0.25) is 4.79 Å². The van der Waals surface area contributed by atoms with Crippen molar-refractivity contribution in [2.45, 2.75) is 51.0 Å². The van der Waals surface area contributed by atoms with Crippen molar-refractivity contribution >= 4 is 27.5 Å². The second-order valence-corrected chi connectivity index (χ2v) is 6.02. The second kappa shape index (κ2) is 6.94. The maximum absolute atomic E-state index is 12.3. The number of benzene rings is 1. The van der Waals surface area contributed by atoms with Crippen LogP contribution in [0.4, 0.5) is 5.69 Å². The lowest BCUT2D eigenvalue weighted by molar-refractivity contribution is 0.0929. The number of amides is 1. The van der Waals surface area contributed by atoms with E-state index in [1.165, 1.54) is 32.1 Å². The lowest BCUT2D eigenvalue weighted by Crippen LogP contribution is -2.35. The van der Waals surface area contributed by atoms with Gasteiger partial charge in [0, 0.05) is 11.7 Å². The minimum absolute atomic E-state index is 0.0234. The van der Waals surface area contributed by atoms with Gasteiger partial charge in [-0.05, 0) is 40.9 Å². The Morgan fingerprint density at radius 3 is 2.47 bits per heavy atom. The number of rotatable bonds is 2. The summed E-state index contributed by atoms with van der Waals surface area (Å²) in [5, 5.41) is 3.15. The van der Waals surface area contributed by atoms with Crippen molar-refractivity contribution in [2.75, 3.05) is 5.73 Å². The molecule has 0 aliphatic heterocycles. The Morgan fingerprint density at radius 1 is 1.16 bits per heavy atom. The lowest BCUT2D eigenvalue weighted by Gasteiger charge is -2.21. The van der Waals surface area contributed by atoms with Crippen molar-refractivity contribution in [3.05, 3.63) is 28.2 Å². The Hall–Kier alpha value is -1.03. The molecule has 0 unspecified atom stereocenters. The lowest BCUT2D eigenvalue weighted by atomic mass is 9.96. The monoisotopic (exact) mass is 324 g/mol. The van der Waals surface area contributed by atoms with Gasteiger partial charge in [-0.2, -0.15) is 0 Å². The molecule has 1 saturated carbocycles. The summed E-state index contributed by atoms with van der Waals surface area (Å²) in [5.74, 6) is -0.0234. The highest BCUT2D eigenvalue weighted by molar-refractivity contribution is 9.10. The topological polar surface area (TPSA) is 55.1 Å². The van der Waals surface area contributed by atoms with E-state index in [1.807, 2.05) is 6.07 Å². The molecule has 1 fully saturated rings. The van der Waals surface area contributed by atoms with Crippen molar-refractivity contribution < 1.29 is 4.79 Å². The molecule has 1 aromatic rings. The molecule has 3 nitrogen and oxygen atoms in total. The first-order valence-electron chi connectivity index (χ1n) is 7.03. The van der Waals surface area contributed by atoms with E-state index in [4.69, 9.17) is 5.73 Å². The number of halogens is 1. The Balaban J connectivity index is 2.01. The third kappa shape index (κ3) is 3.96. The summed E-state index contributed by atoms with van der Waals surface area (Å²) in [7, 11) is 0. The molecule has 0 radical (unpaired) electrons. The van der Waals surface area contributed by atoms with E-state index in [0.29, 0.717) is 21.8 Å². The Labute approximate surface area is 123 Å². The Kier molecular flexibility index (Phi) is 5.25. The van der Waals surface area contributed by atoms with Crippen LogP contribution in [0, 0.1) is 0 Å². The fourth-order valence-electron chi connectivity index (χ4n) is 2.59. The molecule has 0 spiro atoms. The Bertz CT molecular complexity index is 440. The fourth-order valence-corrected chi connectivity index (χ4v) is 3.03. The number of hydrogen-bond donors (Lipinski definition) is 2. The van der Waals surface area contributed by atoms with Crippen molar-refractivity contribution in [1.29, 1.82) is 0 Å². The van der Waals surface area contributed by atoms with Crippen molar-refractivity contribution in [3.8, 4) is 0 Å². The number of carbonyl (C=O) groups is 1. The fraction of sp³-hybridized carbons (Fsp3) is 0.533. The summed E-state index contributed by atoms with van der Waals surface area (Å²) in [6.45, 7) is 0. The molecule has 4 heteroatoms. The summed E-state index contributed by atoms with van der Waals surface area (Å²) in [4.78, 5) is 12.3.